The van der Waals surface area contributed by atoms with Crippen molar-refractivity contribution in [3.8, 4) is 0 Å². The van der Waals surface area contributed by atoms with Crippen molar-refractivity contribution in [2.75, 3.05) is 17.2 Å². The Labute approximate surface area is 101 Å². The van der Waals surface area contributed by atoms with E-state index in [0.717, 1.165) is 5.56 Å². The predicted molar refractivity (Wildman–Crippen MR) is 67.2 cm³/mol. The van der Waals surface area contributed by atoms with Gasteiger partial charge in [-0.05, 0) is 36.5 Å². The molecule has 1 aromatic rings. The molecule has 1 fully saturated rings. The van der Waals surface area contributed by atoms with Crippen molar-refractivity contribution in [1.29, 1.82) is 0 Å². The SMILES string of the molecule is Nc1ccc(C(O)C2CCS(=O)(=O)CC2)cc1. The second-order valence-electron chi connectivity index (χ2n) is 4.60. The number of aliphatic hydroxyl groups is 1. The van der Waals surface area contributed by atoms with Gasteiger partial charge in [0.15, 0.2) is 0 Å². The van der Waals surface area contributed by atoms with Crippen LogP contribution in [0.2, 0.25) is 0 Å². The van der Waals surface area contributed by atoms with Gasteiger partial charge in [-0.3, -0.25) is 0 Å². The third-order valence-corrected chi connectivity index (χ3v) is 5.04. The summed E-state index contributed by atoms with van der Waals surface area (Å²) in [5.74, 6) is 0.398. The lowest BCUT2D eigenvalue weighted by Crippen LogP contribution is -2.27. The summed E-state index contributed by atoms with van der Waals surface area (Å²) in [6.07, 6.45) is 0.480. The average Bonchev–Trinajstić information content (AvgIpc) is 2.29. The summed E-state index contributed by atoms with van der Waals surface area (Å²) in [6, 6.07) is 7.09. The highest BCUT2D eigenvalue weighted by Gasteiger charge is 2.29. The minimum absolute atomic E-state index is 0.0298. The highest BCUT2D eigenvalue weighted by atomic mass is 32.2. The molecule has 4 nitrogen and oxygen atoms in total. The van der Waals surface area contributed by atoms with Gasteiger partial charge in [-0.25, -0.2) is 8.42 Å². The maximum absolute atomic E-state index is 11.3. The Balaban J connectivity index is 2.06. The van der Waals surface area contributed by atoms with Crippen LogP contribution in [0.4, 0.5) is 5.69 Å². The third kappa shape index (κ3) is 2.98. The van der Waals surface area contributed by atoms with E-state index < -0.39 is 15.9 Å². The van der Waals surface area contributed by atoms with E-state index in [9.17, 15) is 13.5 Å². The van der Waals surface area contributed by atoms with Crippen LogP contribution < -0.4 is 5.73 Å². The third-order valence-electron chi connectivity index (χ3n) is 3.32. The molecule has 17 heavy (non-hydrogen) atoms. The van der Waals surface area contributed by atoms with Crippen LogP contribution in [0.1, 0.15) is 24.5 Å². The number of hydrogen-bond acceptors (Lipinski definition) is 4. The molecule has 1 atom stereocenters. The summed E-state index contributed by atoms with van der Waals surface area (Å²) >= 11 is 0. The zero-order chi connectivity index (χ0) is 12.5. The Morgan fingerprint density at radius 1 is 1.18 bits per heavy atom. The summed E-state index contributed by atoms with van der Waals surface area (Å²) in [5.41, 5.74) is 7.05. The Morgan fingerprint density at radius 3 is 2.24 bits per heavy atom. The number of rotatable bonds is 2. The number of anilines is 1. The van der Waals surface area contributed by atoms with E-state index in [-0.39, 0.29) is 17.4 Å². The van der Waals surface area contributed by atoms with Gasteiger partial charge in [-0.2, -0.15) is 0 Å². The fraction of sp³-hybridized carbons (Fsp3) is 0.500. The van der Waals surface area contributed by atoms with Gasteiger partial charge in [0.1, 0.15) is 9.84 Å². The summed E-state index contributed by atoms with van der Waals surface area (Å²) in [5, 5.41) is 10.2. The number of hydrogen-bond donors (Lipinski definition) is 2. The van der Waals surface area contributed by atoms with Crippen LogP contribution in [0, 0.1) is 5.92 Å². The maximum atomic E-state index is 11.3. The molecule has 3 N–H and O–H groups in total. The normalized spacial score (nSPS) is 22.2. The van der Waals surface area contributed by atoms with Gasteiger partial charge in [0.25, 0.3) is 0 Å². The molecule has 1 aromatic carbocycles. The average molecular weight is 255 g/mol. The fourth-order valence-corrected chi connectivity index (χ4v) is 3.72. The molecule has 1 unspecified atom stereocenters. The molecule has 1 aliphatic heterocycles. The molecule has 94 valence electrons. The molecule has 0 spiro atoms. The van der Waals surface area contributed by atoms with Gasteiger partial charge in [0, 0.05) is 5.69 Å². The molecule has 1 aliphatic rings. The summed E-state index contributed by atoms with van der Waals surface area (Å²) in [4.78, 5) is 0. The zero-order valence-electron chi connectivity index (χ0n) is 9.54. The minimum Gasteiger partial charge on any atom is -0.399 e. The molecule has 0 radical (unpaired) electrons. The number of benzene rings is 1. The highest BCUT2D eigenvalue weighted by Crippen LogP contribution is 2.31. The Kier molecular flexibility index (Phi) is 3.40. The molecule has 0 aromatic heterocycles. The number of sulfone groups is 1. The topological polar surface area (TPSA) is 80.4 Å². The number of aliphatic hydroxyl groups excluding tert-OH is 1. The van der Waals surface area contributed by atoms with Crippen molar-refractivity contribution in [2.45, 2.75) is 18.9 Å². The molecule has 1 heterocycles. The van der Waals surface area contributed by atoms with Crippen molar-refractivity contribution in [3.05, 3.63) is 29.8 Å². The van der Waals surface area contributed by atoms with Crippen LogP contribution in [-0.4, -0.2) is 25.0 Å². The van der Waals surface area contributed by atoms with E-state index >= 15 is 0 Å². The fourth-order valence-electron chi connectivity index (χ4n) is 2.19. The lowest BCUT2D eigenvalue weighted by molar-refractivity contribution is 0.102. The Hall–Kier alpha value is -1.07. The van der Waals surface area contributed by atoms with Crippen molar-refractivity contribution in [1.82, 2.24) is 0 Å². The van der Waals surface area contributed by atoms with Crippen molar-refractivity contribution < 1.29 is 13.5 Å². The zero-order valence-corrected chi connectivity index (χ0v) is 10.4. The Bertz CT molecular complexity index is 467. The molecule has 0 aliphatic carbocycles. The summed E-state index contributed by atoms with van der Waals surface area (Å²) < 4.78 is 22.6. The van der Waals surface area contributed by atoms with Crippen molar-refractivity contribution >= 4 is 15.5 Å². The number of nitrogen functional groups attached to an aromatic ring is 1. The van der Waals surface area contributed by atoms with Gasteiger partial charge < -0.3 is 10.8 Å². The van der Waals surface area contributed by atoms with Crippen LogP contribution >= 0.6 is 0 Å². The van der Waals surface area contributed by atoms with E-state index in [1.807, 2.05) is 0 Å². The molecule has 0 bridgehead atoms. The standard InChI is InChI=1S/C12H17NO3S/c13-11-3-1-9(2-4-11)12(14)10-5-7-17(15,16)8-6-10/h1-4,10,12,14H,5-8,13H2. The number of nitrogens with two attached hydrogens (primary N) is 1. The van der Waals surface area contributed by atoms with Crippen LogP contribution in [0.5, 0.6) is 0 Å². The van der Waals surface area contributed by atoms with E-state index in [4.69, 9.17) is 5.73 Å². The van der Waals surface area contributed by atoms with Crippen LogP contribution in [-0.2, 0) is 9.84 Å². The van der Waals surface area contributed by atoms with E-state index in [0.29, 0.717) is 18.5 Å². The monoisotopic (exact) mass is 255 g/mol. The first-order valence-corrected chi connectivity index (χ1v) is 7.54. The molecule has 5 heteroatoms. The summed E-state index contributed by atoms with van der Waals surface area (Å²) in [6.45, 7) is 0. The highest BCUT2D eigenvalue weighted by molar-refractivity contribution is 7.91. The van der Waals surface area contributed by atoms with Crippen molar-refractivity contribution in [3.63, 3.8) is 0 Å². The molecular formula is C12H17NO3S. The van der Waals surface area contributed by atoms with Crippen LogP contribution in [0.25, 0.3) is 0 Å². The van der Waals surface area contributed by atoms with Gasteiger partial charge in [-0.1, -0.05) is 12.1 Å². The van der Waals surface area contributed by atoms with E-state index in [1.165, 1.54) is 0 Å². The van der Waals surface area contributed by atoms with E-state index in [1.54, 1.807) is 24.3 Å². The van der Waals surface area contributed by atoms with Crippen LogP contribution in [0.15, 0.2) is 24.3 Å². The predicted octanol–water partition coefficient (Wildman–Crippen LogP) is 1.13. The van der Waals surface area contributed by atoms with E-state index in [2.05, 4.69) is 0 Å². The summed E-state index contributed by atoms with van der Waals surface area (Å²) in [7, 11) is -2.87. The first kappa shape index (κ1) is 12.4. The van der Waals surface area contributed by atoms with Crippen LogP contribution in [0.3, 0.4) is 0 Å². The van der Waals surface area contributed by atoms with Gasteiger partial charge >= 0.3 is 0 Å². The molecule has 0 saturated carbocycles. The quantitative estimate of drug-likeness (QED) is 0.776. The van der Waals surface area contributed by atoms with Gasteiger partial charge in [0.05, 0.1) is 17.6 Å². The largest absolute Gasteiger partial charge is 0.399 e. The molecule has 1 saturated heterocycles. The van der Waals surface area contributed by atoms with Crippen molar-refractivity contribution in [2.24, 2.45) is 5.92 Å². The molecule has 0 amide bonds. The minimum atomic E-state index is -2.87. The maximum Gasteiger partial charge on any atom is 0.150 e. The lowest BCUT2D eigenvalue weighted by atomic mass is 9.91. The Morgan fingerprint density at radius 2 is 1.71 bits per heavy atom. The molecule has 2 rings (SSSR count). The molecular weight excluding hydrogens is 238 g/mol. The lowest BCUT2D eigenvalue weighted by Gasteiger charge is -2.26. The second-order valence-corrected chi connectivity index (χ2v) is 6.90. The second kappa shape index (κ2) is 4.66. The smallest absolute Gasteiger partial charge is 0.150 e. The van der Waals surface area contributed by atoms with Gasteiger partial charge in [0.2, 0.25) is 0 Å². The first-order chi connectivity index (χ1) is 7.98. The van der Waals surface area contributed by atoms with Gasteiger partial charge in [-0.15, -0.1) is 0 Å². The first-order valence-electron chi connectivity index (χ1n) is 5.72.